The third-order valence-electron chi connectivity index (χ3n) is 2.60. The second-order valence-electron chi connectivity index (χ2n) is 3.70. The monoisotopic (exact) mass is 227 g/mol. The van der Waals surface area contributed by atoms with Crippen LogP contribution in [0.25, 0.3) is 0 Å². The second kappa shape index (κ2) is 4.20. The van der Waals surface area contributed by atoms with Gasteiger partial charge in [-0.1, -0.05) is 0 Å². The first-order valence-corrected chi connectivity index (χ1v) is 4.91. The molecular formula is C9H13N3O4. The Morgan fingerprint density at radius 1 is 1.69 bits per heavy atom. The van der Waals surface area contributed by atoms with E-state index in [1.807, 2.05) is 0 Å². The van der Waals surface area contributed by atoms with Crippen LogP contribution in [0.1, 0.15) is 18.1 Å². The van der Waals surface area contributed by atoms with Crippen LogP contribution in [-0.2, 0) is 4.74 Å². The first-order chi connectivity index (χ1) is 7.61. The Balaban J connectivity index is 2.23. The van der Waals surface area contributed by atoms with Crippen molar-refractivity contribution in [3.05, 3.63) is 22.1 Å². The summed E-state index contributed by atoms with van der Waals surface area (Å²) in [6.07, 6.45) is -0.386. The van der Waals surface area contributed by atoms with Gasteiger partial charge in [-0.2, -0.15) is 0 Å². The largest absolute Gasteiger partial charge is 0.394 e. The molecule has 0 spiro atoms. The highest BCUT2D eigenvalue weighted by Crippen LogP contribution is 2.30. The van der Waals surface area contributed by atoms with Crippen LogP contribution in [-0.4, -0.2) is 39.0 Å². The Kier molecular flexibility index (Phi) is 2.90. The van der Waals surface area contributed by atoms with E-state index in [0.717, 1.165) is 0 Å². The lowest BCUT2D eigenvalue weighted by Crippen LogP contribution is -2.24. The molecule has 0 aromatic carbocycles. The van der Waals surface area contributed by atoms with Gasteiger partial charge in [-0.25, -0.2) is 4.98 Å². The van der Waals surface area contributed by atoms with Crippen LogP contribution in [0.2, 0.25) is 0 Å². The number of hydrogen-bond acceptors (Lipinski definition) is 6. The standard InChI is InChI=1S/C9H13N3O4/c10-9-11-2-4(8(15)12-9)6-1-5(14)7(3-13)16-6/h2,5-7,13-14H,1,3H2,(H3,10,11,12,15). The first-order valence-electron chi connectivity index (χ1n) is 4.91. The van der Waals surface area contributed by atoms with E-state index in [0.29, 0.717) is 5.56 Å². The molecule has 1 aromatic rings. The minimum atomic E-state index is -0.771. The van der Waals surface area contributed by atoms with E-state index in [1.54, 1.807) is 0 Å². The first kappa shape index (κ1) is 11.1. The average Bonchev–Trinajstić information content (AvgIpc) is 2.59. The van der Waals surface area contributed by atoms with Crippen LogP contribution in [0.3, 0.4) is 0 Å². The van der Waals surface area contributed by atoms with Gasteiger partial charge in [-0.3, -0.25) is 9.78 Å². The summed E-state index contributed by atoms with van der Waals surface area (Å²) in [5.74, 6) is 0.0333. The molecule has 7 nitrogen and oxygen atoms in total. The molecule has 3 atom stereocenters. The van der Waals surface area contributed by atoms with Crippen LogP contribution in [0.5, 0.6) is 0 Å². The number of hydrogen-bond donors (Lipinski definition) is 4. The van der Waals surface area contributed by atoms with E-state index in [1.165, 1.54) is 6.20 Å². The number of ether oxygens (including phenoxy) is 1. The number of nitrogens with one attached hydrogen (secondary N) is 1. The van der Waals surface area contributed by atoms with Crippen molar-refractivity contribution in [2.24, 2.45) is 0 Å². The topological polar surface area (TPSA) is 121 Å². The fraction of sp³-hybridized carbons (Fsp3) is 0.556. The maximum Gasteiger partial charge on any atom is 0.258 e. The molecule has 1 aliphatic heterocycles. The summed E-state index contributed by atoms with van der Waals surface area (Å²) in [6.45, 7) is -0.280. The van der Waals surface area contributed by atoms with Crippen molar-refractivity contribution in [1.29, 1.82) is 0 Å². The van der Waals surface area contributed by atoms with Gasteiger partial charge in [0.15, 0.2) is 5.95 Å². The number of nitrogens with zero attached hydrogens (tertiary/aromatic N) is 1. The van der Waals surface area contributed by atoms with Gasteiger partial charge < -0.3 is 20.7 Å². The van der Waals surface area contributed by atoms with E-state index in [9.17, 15) is 9.90 Å². The molecule has 0 aliphatic carbocycles. The number of anilines is 1. The summed E-state index contributed by atoms with van der Waals surface area (Å²) in [4.78, 5) is 17.6. The molecule has 16 heavy (non-hydrogen) atoms. The zero-order chi connectivity index (χ0) is 11.7. The molecule has 1 aromatic heterocycles. The number of nitrogen functional groups attached to an aromatic ring is 1. The summed E-state index contributed by atoms with van der Waals surface area (Å²) in [5, 5.41) is 18.4. The van der Waals surface area contributed by atoms with Crippen molar-refractivity contribution < 1.29 is 14.9 Å². The summed E-state index contributed by atoms with van der Waals surface area (Å²) >= 11 is 0. The lowest BCUT2D eigenvalue weighted by molar-refractivity contribution is -0.0229. The number of H-pyrrole nitrogens is 1. The number of nitrogens with two attached hydrogens (primary N) is 1. The minimum Gasteiger partial charge on any atom is -0.394 e. The minimum absolute atomic E-state index is 0.0333. The predicted molar refractivity (Wildman–Crippen MR) is 54.6 cm³/mol. The van der Waals surface area contributed by atoms with Gasteiger partial charge in [0.2, 0.25) is 0 Å². The highest BCUT2D eigenvalue weighted by atomic mass is 16.5. The lowest BCUT2D eigenvalue weighted by atomic mass is 10.1. The zero-order valence-corrected chi connectivity index (χ0v) is 8.46. The molecule has 2 rings (SSSR count). The highest BCUT2D eigenvalue weighted by molar-refractivity contribution is 5.20. The second-order valence-corrected chi connectivity index (χ2v) is 3.70. The van der Waals surface area contributed by atoms with Gasteiger partial charge in [0.05, 0.1) is 24.4 Å². The Bertz CT molecular complexity index is 433. The van der Waals surface area contributed by atoms with Crippen molar-refractivity contribution in [2.45, 2.75) is 24.7 Å². The Labute approximate surface area is 90.9 Å². The smallest absolute Gasteiger partial charge is 0.258 e. The third kappa shape index (κ3) is 1.92. The van der Waals surface area contributed by atoms with Crippen molar-refractivity contribution in [2.75, 3.05) is 12.3 Å². The summed E-state index contributed by atoms with van der Waals surface area (Å²) in [6, 6.07) is 0. The number of aliphatic hydroxyl groups is 2. The number of aromatic amines is 1. The fourth-order valence-corrected chi connectivity index (χ4v) is 1.74. The molecule has 0 bridgehead atoms. The average molecular weight is 227 g/mol. The van der Waals surface area contributed by atoms with E-state index < -0.39 is 18.3 Å². The third-order valence-corrected chi connectivity index (χ3v) is 2.60. The van der Waals surface area contributed by atoms with Gasteiger partial charge in [0.1, 0.15) is 6.10 Å². The van der Waals surface area contributed by atoms with Crippen LogP contribution in [0.15, 0.2) is 11.0 Å². The maximum atomic E-state index is 11.5. The van der Waals surface area contributed by atoms with Crippen molar-refractivity contribution >= 4 is 5.95 Å². The van der Waals surface area contributed by atoms with E-state index >= 15 is 0 Å². The van der Waals surface area contributed by atoms with Gasteiger partial charge in [0.25, 0.3) is 5.56 Å². The SMILES string of the molecule is Nc1ncc(C2CC(O)C(CO)O2)c(=O)[nH]1. The van der Waals surface area contributed by atoms with E-state index in [4.69, 9.17) is 15.6 Å². The molecule has 1 saturated heterocycles. The Hall–Kier alpha value is -1.44. The van der Waals surface area contributed by atoms with Crippen LogP contribution in [0.4, 0.5) is 5.95 Å². The molecular weight excluding hydrogens is 214 g/mol. The Morgan fingerprint density at radius 2 is 2.44 bits per heavy atom. The van der Waals surface area contributed by atoms with Crippen molar-refractivity contribution in [1.82, 2.24) is 9.97 Å². The normalized spacial score (nSPS) is 29.5. The van der Waals surface area contributed by atoms with Gasteiger partial charge in [0, 0.05) is 12.6 Å². The van der Waals surface area contributed by atoms with E-state index in [2.05, 4.69) is 9.97 Å². The zero-order valence-electron chi connectivity index (χ0n) is 8.46. The number of rotatable bonds is 2. The highest BCUT2D eigenvalue weighted by Gasteiger charge is 2.35. The fourth-order valence-electron chi connectivity index (χ4n) is 1.74. The number of aromatic nitrogens is 2. The molecule has 0 saturated carbocycles. The Morgan fingerprint density at radius 3 is 3.00 bits per heavy atom. The molecule has 7 heteroatoms. The molecule has 0 radical (unpaired) electrons. The molecule has 1 fully saturated rings. The van der Waals surface area contributed by atoms with Crippen LogP contribution in [0, 0.1) is 0 Å². The molecule has 2 heterocycles. The lowest BCUT2D eigenvalue weighted by Gasteiger charge is -2.11. The molecule has 1 aliphatic rings. The summed E-state index contributed by atoms with van der Waals surface area (Å²) in [5.41, 5.74) is 5.23. The van der Waals surface area contributed by atoms with Gasteiger partial charge in [-0.15, -0.1) is 0 Å². The quantitative estimate of drug-likeness (QED) is 0.489. The molecule has 0 amide bonds. The molecule has 5 N–H and O–H groups in total. The molecule has 3 unspecified atom stereocenters. The van der Waals surface area contributed by atoms with E-state index in [-0.39, 0.29) is 24.5 Å². The summed E-state index contributed by atoms with van der Waals surface area (Å²) in [7, 11) is 0. The van der Waals surface area contributed by atoms with Gasteiger partial charge in [-0.05, 0) is 0 Å². The van der Waals surface area contributed by atoms with Crippen molar-refractivity contribution in [3.8, 4) is 0 Å². The van der Waals surface area contributed by atoms with Gasteiger partial charge >= 0.3 is 0 Å². The maximum absolute atomic E-state index is 11.5. The van der Waals surface area contributed by atoms with Crippen molar-refractivity contribution in [3.63, 3.8) is 0 Å². The molecule has 88 valence electrons. The van der Waals surface area contributed by atoms with Crippen LogP contribution >= 0.6 is 0 Å². The summed E-state index contributed by atoms with van der Waals surface area (Å²) < 4.78 is 5.33. The van der Waals surface area contributed by atoms with Crippen LogP contribution < -0.4 is 11.3 Å². The number of aliphatic hydroxyl groups excluding tert-OH is 2. The predicted octanol–water partition coefficient (Wildman–Crippen LogP) is -1.46.